The molecule has 26 heavy (non-hydrogen) atoms. The first-order chi connectivity index (χ1) is 12.7. The Balaban J connectivity index is 1.47. The van der Waals surface area contributed by atoms with E-state index in [0.29, 0.717) is 5.75 Å². The van der Waals surface area contributed by atoms with Crippen LogP contribution >= 0.6 is 27.7 Å². The molecule has 0 spiro atoms. The van der Waals surface area contributed by atoms with Gasteiger partial charge in [-0.25, -0.2) is 0 Å². The number of halogens is 1. The average Bonchev–Trinajstić information content (AvgIpc) is 3.28. The van der Waals surface area contributed by atoms with Gasteiger partial charge in [-0.3, -0.25) is 0 Å². The second-order valence-electron chi connectivity index (χ2n) is 5.79. The second kappa shape index (κ2) is 7.51. The van der Waals surface area contributed by atoms with Crippen molar-refractivity contribution >= 4 is 27.7 Å². The van der Waals surface area contributed by atoms with Gasteiger partial charge >= 0.3 is 0 Å². The molecule has 0 aliphatic heterocycles. The van der Waals surface area contributed by atoms with Crippen molar-refractivity contribution in [1.82, 2.24) is 14.8 Å². The summed E-state index contributed by atoms with van der Waals surface area (Å²) in [5, 5.41) is 9.49. The first-order valence-corrected chi connectivity index (χ1v) is 9.91. The smallest absolute Gasteiger partial charge is 0.191 e. The molecule has 0 aliphatic carbocycles. The molecule has 0 aliphatic rings. The fraction of sp³-hybridized carbons (Fsp3) is 0.100. The zero-order valence-electron chi connectivity index (χ0n) is 14.1. The molecule has 0 saturated carbocycles. The predicted octanol–water partition coefficient (Wildman–Crippen LogP) is 5.80. The molecule has 0 atom stereocenters. The summed E-state index contributed by atoms with van der Waals surface area (Å²) in [6.07, 6.45) is 0. The van der Waals surface area contributed by atoms with Gasteiger partial charge in [-0.15, -0.1) is 10.2 Å². The van der Waals surface area contributed by atoms with E-state index in [1.807, 2.05) is 78.3 Å². The Morgan fingerprint density at radius 3 is 2.46 bits per heavy atom. The Morgan fingerprint density at radius 1 is 0.923 bits per heavy atom. The molecule has 0 unspecified atom stereocenters. The van der Waals surface area contributed by atoms with Crippen LogP contribution in [0, 0.1) is 0 Å². The van der Waals surface area contributed by atoms with Gasteiger partial charge < -0.3 is 8.98 Å². The van der Waals surface area contributed by atoms with Crippen LogP contribution in [0.1, 0.15) is 5.76 Å². The van der Waals surface area contributed by atoms with Crippen LogP contribution < -0.4 is 0 Å². The molecule has 0 N–H and O–H groups in total. The Morgan fingerprint density at radius 2 is 1.69 bits per heavy atom. The fourth-order valence-electron chi connectivity index (χ4n) is 2.64. The van der Waals surface area contributed by atoms with Crippen LogP contribution in [-0.4, -0.2) is 14.8 Å². The van der Waals surface area contributed by atoms with Crippen molar-refractivity contribution in [3.05, 3.63) is 77.0 Å². The molecule has 2 heterocycles. The molecule has 4 rings (SSSR count). The summed E-state index contributed by atoms with van der Waals surface area (Å²) in [4.78, 5) is 0. The first-order valence-electron chi connectivity index (χ1n) is 8.13. The number of benzene rings is 2. The molecule has 0 fully saturated rings. The van der Waals surface area contributed by atoms with Crippen molar-refractivity contribution in [2.45, 2.75) is 10.9 Å². The van der Waals surface area contributed by atoms with Gasteiger partial charge in [0, 0.05) is 22.6 Å². The summed E-state index contributed by atoms with van der Waals surface area (Å²) in [7, 11) is 1.99. The van der Waals surface area contributed by atoms with Crippen LogP contribution in [0.15, 0.2) is 80.8 Å². The molecule has 0 bridgehead atoms. The van der Waals surface area contributed by atoms with E-state index in [0.717, 1.165) is 38.1 Å². The average molecular weight is 426 g/mol. The molecule has 130 valence electrons. The van der Waals surface area contributed by atoms with E-state index < -0.39 is 0 Å². The molecule has 4 aromatic rings. The third kappa shape index (κ3) is 3.61. The number of nitrogens with zero attached hydrogens (tertiary/aromatic N) is 3. The molecule has 2 aromatic heterocycles. The second-order valence-corrected chi connectivity index (χ2v) is 7.65. The van der Waals surface area contributed by atoms with Gasteiger partial charge in [0.1, 0.15) is 11.5 Å². The highest BCUT2D eigenvalue weighted by atomic mass is 79.9. The van der Waals surface area contributed by atoms with Gasteiger partial charge in [-0.05, 0) is 24.3 Å². The van der Waals surface area contributed by atoms with Gasteiger partial charge in [0.25, 0.3) is 0 Å². The molecule has 0 radical (unpaired) electrons. The highest BCUT2D eigenvalue weighted by molar-refractivity contribution is 9.10. The third-order valence-corrected chi connectivity index (χ3v) is 5.57. The molecule has 0 amide bonds. The van der Waals surface area contributed by atoms with Crippen molar-refractivity contribution in [3.8, 4) is 22.7 Å². The zero-order chi connectivity index (χ0) is 17.9. The largest absolute Gasteiger partial charge is 0.460 e. The van der Waals surface area contributed by atoms with E-state index >= 15 is 0 Å². The SMILES string of the molecule is Cn1c(SCc2ccc(-c3ccc(Br)cc3)o2)nnc1-c1ccccc1. The quantitative estimate of drug-likeness (QED) is 0.379. The molecule has 4 nitrogen and oxygen atoms in total. The third-order valence-electron chi connectivity index (χ3n) is 4.00. The summed E-state index contributed by atoms with van der Waals surface area (Å²) in [5.74, 6) is 3.36. The normalized spacial score (nSPS) is 11.0. The lowest BCUT2D eigenvalue weighted by atomic mass is 10.2. The lowest BCUT2D eigenvalue weighted by Gasteiger charge is -2.03. The van der Waals surface area contributed by atoms with Crippen LogP contribution in [-0.2, 0) is 12.8 Å². The van der Waals surface area contributed by atoms with Crippen molar-refractivity contribution in [2.24, 2.45) is 7.05 Å². The monoisotopic (exact) mass is 425 g/mol. The molecule has 0 saturated heterocycles. The van der Waals surface area contributed by atoms with E-state index in [2.05, 4.69) is 26.1 Å². The van der Waals surface area contributed by atoms with Crippen molar-refractivity contribution in [1.29, 1.82) is 0 Å². The highest BCUT2D eigenvalue weighted by Crippen LogP contribution is 2.29. The summed E-state index contributed by atoms with van der Waals surface area (Å²) >= 11 is 5.07. The van der Waals surface area contributed by atoms with Gasteiger partial charge in [0.15, 0.2) is 11.0 Å². The summed E-state index contributed by atoms with van der Waals surface area (Å²) in [5.41, 5.74) is 2.12. The van der Waals surface area contributed by atoms with Crippen molar-refractivity contribution in [3.63, 3.8) is 0 Å². The maximum atomic E-state index is 5.97. The van der Waals surface area contributed by atoms with Crippen LogP contribution in [0.5, 0.6) is 0 Å². The summed E-state index contributed by atoms with van der Waals surface area (Å²) in [6.45, 7) is 0. The number of thioether (sulfide) groups is 1. The first kappa shape index (κ1) is 17.1. The van der Waals surface area contributed by atoms with Crippen LogP contribution in [0.3, 0.4) is 0 Å². The number of aromatic nitrogens is 3. The Hall–Kier alpha value is -2.31. The molecular formula is C20H16BrN3OS. The van der Waals surface area contributed by atoms with E-state index in [9.17, 15) is 0 Å². The molecular weight excluding hydrogens is 410 g/mol. The standard InChI is InChI=1S/C20H16BrN3OS/c1-24-19(15-5-3-2-4-6-15)22-23-20(24)26-13-17-11-12-18(25-17)14-7-9-16(21)10-8-14/h2-12H,13H2,1H3. The minimum absolute atomic E-state index is 0.706. The number of rotatable bonds is 5. The van der Waals surface area contributed by atoms with Crippen LogP contribution in [0.2, 0.25) is 0 Å². The Labute approximate surface area is 164 Å². The van der Waals surface area contributed by atoms with E-state index in [-0.39, 0.29) is 0 Å². The Bertz CT molecular complexity index is 1010. The van der Waals surface area contributed by atoms with Crippen molar-refractivity contribution in [2.75, 3.05) is 0 Å². The predicted molar refractivity (Wildman–Crippen MR) is 108 cm³/mol. The molecule has 2 aromatic carbocycles. The minimum atomic E-state index is 0.706. The molecule has 6 heteroatoms. The van der Waals surface area contributed by atoms with Gasteiger partial charge in [-0.1, -0.05) is 70.2 Å². The van der Waals surface area contributed by atoms with Crippen LogP contribution in [0.25, 0.3) is 22.7 Å². The van der Waals surface area contributed by atoms with E-state index in [1.165, 1.54) is 0 Å². The van der Waals surface area contributed by atoms with Gasteiger partial charge in [0.2, 0.25) is 0 Å². The summed E-state index contributed by atoms with van der Waals surface area (Å²) in [6, 6.07) is 22.2. The number of hydrogen-bond donors (Lipinski definition) is 0. The lowest BCUT2D eigenvalue weighted by molar-refractivity contribution is 0.544. The Kier molecular flexibility index (Phi) is 4.95. The zero-order valence-corrected chi connectivity index (χ0v) is 16.5. The van der Waals surface area contributed by atoms with E-state index in [1.54, 1.807) is 11.8 Å². The topological polar surface area (TPSA) is 43.9 Å². The van der Waals surface area contributed by atoms with Crippen LogP contribution in [0.4, 0.5) is 0 Å². The van der Waals surface area contributed by atoms with E-state index in [4.69, 9.17) is 4.42 Å². The number of hydrogen-bond acceptors (Lipinski definition) is 4. The maximum absolute atomic E-state index is 5.97. The summed E-state index contributed by atoms with van der Waals surface area (Å²) < 4.78 is 9.04. The van der Waals surface area contributed by atoms with Gasteiger partial charge in [-0.2, -0.15) is 0 Å². The number of furan rings is 1. The maximum Gasteiger partial charge on any atom is 0.191 e. The highest BCUT2D eigenvalue weighted by Gasteiger charge is 2.12. The fourth-order valence-corrected chi connectivity index (χ4v) is 3.71. The lowest BCUT2D eigenvalue weighted by Crippen LogP contribution is -1.94. The van der Waals surface area contributed by atoms with Crippen molar-refractivity contribution < 1.29 is 4.42 Å². The minimum Gasteiger partial charge on any atom is -0.460 e. The van der Waals surface area contributed by atoms with Gasteiger partial charge in [0.05, 0.1) is 5.75 Å².